The van der Waals surface area contributed by atoms with Crippen molar-refractivity contribution in [1.29, 1.82) is 0 Å². The summed E-state index contributed by atoms with van der Waals surface area (Å²) >= 11 is 2.54. The largest absolute Gasteiger partial charge is 0.494 e. The quantitative estimate of drug-likeness (QED) is 0.265. The molecule has 1 amide bonds. The summed E-state index contributed by atoms with van der Waals surface area (Å²) in [5.41, 5.74) is 2.24. The fourth-order valence-electron chi connectivity index (χ4n) is 3.50. The molecule has 0 bridgehead atoms. The maximum absolute atomic E-state index is 13.6. The van der Waals surface area contributed by atoms with Gasteiger partial charge < -0.3 is 15.0 Å². The number of aromatic amines is 1. The smallest absolute Gasteiger partial charge is 0.283 e. The van der Waals surface area contributed by atoms with Gasteiger partial charge >= 0.3 is 0 Å². The highest BCUT2D eigenvalue weighted by atomic mass is 32.2. The number of nitrogens with one attached hydrogen (secondary N) is 2. The van der Waals surface area contributed by atoms with E-state index in [1.165, 1.54) is 27.7 Å². The van der Waals surface area contributed by atoms with E-state index >= 15 is 0 Å². The zero-order valence-corrected chi connectivity index (χ0v) is 19.2. The predicted molar refractivity (Wildman–Crippen MR) is 132 cm³/mol. The third kappa shape index (κ3) is 4.22. The van der Waals surface area contributed by atoms with Crippen molar-refractivity contribution in [1.82, 2.24) is 19.5 Å². The maximum atomic E-state index is 13.6. The zero-order valence-electron chi connectivity index (χ0n) is 17.6. The van der Waals surface area contributed by atoms with Crippen molar-refractivity contribution in [3.05, 3.63) is 70.5 Å². The van der Waals surface area contributed by atoms with Crippen LogP contribution in [0.25, 0.3) is 27.6 Å². The summed E-state index contributed by atoms with van der Waals surface area (Å²) in [6, 6.07) is 14.9. The molecule has 8 nitrogen and oxygen atoms in total. The van der Waals surface area contributed by atoms with Gasteiger partial charge in [0, 0.05) is 22.5 Å². The maximum Gasteiger partial charge on any atom is 0.283 e. The minimum absolute atomic E-state index is 0.0803. The van der Waals surface area contributed by atoms with Gasteiger partial charge in [-0.25, -0.2) is 9.97 Å². The number of amides is 1. The number of thioether (sulfide) groups is 1. The molecule has 3 aromatic heterocycles. The number of benzene rings is 2. The number of hydrogen-bond donors (Lipinski definition) is 2. The first-order valence-electron chi connectivity index (χ1n) is 10.2. The van der Waals surface area contributed by atoms with E-state index in [0.29, 0.717) is 39.4 Å². The van der Waals surface area contributed by atoms with Gasteiger partial charge in [0.15, 0.2) is 10.3 Å². The van der Waals surface area contributed by atoms with Gasteiger partial charge in [0.1, 0.15) is 16.8 Å². The van der Waals surface area contributed by atoms with Crippen molar-refractivity contribution in [3.8, 4) is 11.4 Å². The van der Waals surface area contributed by atoms with Gasteiger partial charge in [-0.1, -0.05) is 30.0 Å². The second-order valence-electron chi connectivity index (χ2n) is 7.03. The van der Waals surface area contributed by atoms with Crippen molar-refractivity contribution < 1.29 is 9.53 Å². The lowest BCUT2D eigenvalue weighted by atomic mass is 10.2. The van der Waals surface area contributed by atoms with Crippen LogP contribution in [0.3, 0.4) is 0 Å². The second kappa shape index (κ2) is 9.08. The number of fused-ring (bicyclic) bond motifs is 3. The van der Waals surface area contributed by atoms with Crippen LogP contribution in [0.5, 0.6) is 5.75 Å². The van der Waals surface area contributed by atoms with E-state index in [1.807, 2.05) is 55.5 Å². The topological polar surface area (TPSA) is 102 Å². The molecule has 0 aliphatic rings. The van der Waals surface area contributed by atoms with Crippen LogP contribution >= 0.6 is 23.1 Å². The highest BCUT2D eigenvalue weighted by Crippen LogP contribution is 2.27. The van der Waals surface area contributed by atoms with Crippen molar-refractivity contribution in [2.45, 2.75) is 12.1 Å². The standard InChI is InChI=1S/C23H19N5O3S2/c1-2-31-15-9-7-14(8-10-15)28-21(30)20-19(16-5-3-4-6-17(16)25-20)27-23(28)33-13-18(29)26-22-24-11-12-32-22/h3-12,25H,2,13H2,1H3,(H,24,26,29). The second-order valence-corrected chi connectivity index (χ2v) is 8.87. The molecule has 5 aromatic rings. The lowest BCUT2D eigenvalue weighted by Gasteiger charge is -2.13. The molecule has 0 fully saturated rings. The Bertz CT molecular complexity index is 1490. The minimum Gasteiger partial charge on any atom is -0.494 e. The number of para-hydroxylation sites is 1. The number of carbonyl (C=O) groups is 1. The van der Waals surface area contributed by atoms with Crippen LogP contribution < -0.4 is 15.6 Å². The lowest BCUT2D eigenvalue weighted by molar-refractivity contribution is -0.113. The summed E-state index contributed by atoms with van der Waals surface area (Å²) in [4.78, 5) is 38.1. The fourth-order valence-corrected chi connectivity index (χ4v) is 4.85. The van der Waals surface area contributed by atoms with Crippen LogP contribution in [0.4, 0.5) is 5.13 Å². The van der Waals surface area contributed by atoms with E-state index < -0.39 is 0 Å². The summed E-state index contributed by atoms with van der Waals surface area (Å²) in [6.45, 7) is 2.47. The van der Waals surface area contributed by atoms with Crippen LogP contribution in [-0.2, 0) is 4.79 Å². The van der Waals surface area contributed by atoms with Gasteiger partial charge in [-0.3, -0.25) is 14.2 Å². The zero-order chi connectivity index (χ0) is 22.8. The summed E-state index contributed by atoms with van der Waals surface area (Å²) < 4.78 is 7.05. The van der Waals surface area contributed by atoms with Gasteiger partial charge in [0.2, 0.25) is 5.91 Å². The molecule has 0 unspecified atom stereocenters. The van der Waals surface area contributed by atoms with Crippen LogP contribution in [0.15, 0.2) is 70.1 Å². The van der Waals surface area contributed by atoms with E-state index in [0.717, 1.165) is 10.9 Å². The van der Waals surface area contributed by atoms with Gasteiger partial charge in [0.25, 0.3) is 5.56 Å². The third-order valence-corrected chi connectivity index (χ3v) is 6.54. The molecule has 0 saturated carbocycles. The first kappa shape index (κ1) is 21.2. The summed E-state index contributed by atoms with van der Waals surface area (Å²) in [5, 5.41) is 6.37. The number of rotatable bonds is 7. The molecular formula is C23H19N5O3S2. The first-order chi connectivity index (χ1) is 16.1. The van der Waals surface area contributed by atoms with E-state index in [4.69, 9.17) is 9.72 Å². The van der Waals surface area contributed by atoms with Crippen molar-refractivity contribution in [3.63, 3.8) is 0 Å². The molecule has 0 saturated heterocycles. The average Bonchev–Trinajstić information content (AvgIpc) is 3.47. The van der Waals surface area contributed by atoms with Gasteiger partial charge in [-0.05, 0) is 37.3 Å². The molecule has 10 heteroatoms. The Morgan fingerprint density at radius 3 is 2.79 bits per heavy atom. The van der Waals surface area contributed by atoms with Gasteiger partial charge in [-0.15, -0.1) is 11.3 Å². The number of aromatic nitrogens is 4. The van der Waals surface area contributed by atoms with E-state index in [-0.39, 0.29) is 17.2 Å². The SMILES string of the molecule is CCOc1ccc(-n2c(SCC(=O)Nc3nccs3)nc3c([nH]c4ccccc43)c2=O)cc1. The molecule has 0 spiro atoms. The Kier molecular flexibility index (Phi) is 5.84. The van der Waals surface area contributed by atoms with E-state index in [1.54, 1.807) is 11.6 Å². The highest BCUT2D eigenvalue weighted by Gasteiger charge is 2.18. The molecular weight excluding hydrogens is 458 g/mol. The number of nitrogens with zero attached hydrogens (tertiary/aromatic N) is 3. The Morgan fingerprint density at radius 2 is 2.03 bits per heavy atom. The Labute approximate surface area is 196 Å². The summed E-state index contributed by atoms with van der Waals surface area (Å²) in [5.74, 6) is 0.573. The normalized spacial score (nSPS) is 11.2. The number of ether oxygens (including phenoxy) is 1. The van der Waals surface area contributed by atoms with E-state index in [2.05, 4.69) is 15.3 Å². The molecule has 2 N–H and O–H groups in total. The number of carbonyl (C=O) groups excluding carboxylic acids is 1. The number of H-pyrrole nitrogens is 1. The number of anilines is 1. The fraction of sp³-hybridized carbons (Fsp3) is 0.130. The molecule has 5 rings (SSSR count). The van der Waals surface area contributed by atoms with Crippen molar-refractivity contribution in [2.75, 3.05) is 17.7 Å². The van der Waals surface area contributed by atoms with E-state index in [9.17, 15) is 9.59 Å². The van der Waals surface area contributed by atoms with Crippen molar-refractivity contribution >= 4 is 56.1 Å². The Balaban J connectivity index is 1.58. The first-order valence-corrected chi connectivity index (χ1v) is 12.1. The van der Waals surface area contributed by atoms with Crippen molar-refractivity contribution in [2.24, 2.45) is 0 Å². The number of hydrogen-bond acceptors (Lipinski definition) is 7. The molecule has 0 aliphatic heterocycles. The monoisotopic (exact) mass is 477 g/mol. The molecule has 2 aromatic carbocycles. The summed E-state index contributed by atoms with van der Waals surface area (Å²) in [6.07, 6.45) is 1.63. The molecule has 0 radical (unpaired) electrons. The summed E-state index contributed by atoms with van der Waals surface area (Å²) in [7, 11) is 0. The van der Waals surface area contributed by atoms with Crippen LogP contribution in [0, 0.1) is 0 Å². The van der Waals surface area contributed by atoms with Gasteiger partial charge in [0.05, 0.1) is 18.0 Å². The van der Waals surface area contributed by atoms with Crippen LogP contribution in [0.1, 0.15) is 6.92 Å². The molecule has 3 heterocycles. The van der Waals surface area contributed by atoms with Crippen LogP contribution in [-0.4, -0.2) is 37.8 Å². The molecule has 0 atom stereocenters. The number of thiazole rings is 1. The molecule has 0 aliphatic carbocycles. The average molecular weight is 478 g/mol. The minimum atomic E-state index is -0.233. The third-order valence-electron chi connectivity index (χ3n) is 4.91. The highest BCUT2D eigenvalue weighted by molar-refractivity contribution is 7.99. The predicted octanol–water partition coefficient (Wildman–Crippen LogP) is 4.45. The lowest BCUT2D eigenvalue weighted by Crippen LogP contribution is -2.23. The van der Waals surface area contributed by atoms with Crippen LogP contribution in [0.2, 0.25) is 0 Å². The molecule has 166 valence electrons. The molecule has 33 heavy (non-hydrogen) atoms. The Hall–Kier alpha value is -3.63. The van der Waals surface area contributed by atoms with Gasteiger partial charge in [-0.2, -0.15) is 0 Å². The Morgan fingerprint density at radius 1 is 1.21 bits per heavy atom.